The lowest BCUT2D eigenvalue weighted by Gasteiger charge is -2.09. The lowest BCUT2D eigenvalue weighted by Crippen LogP contribution is -2.06. The highest BCUT2D eigenvalue weighted by Crippen LogP contribution is 2.25. The molecule has 0 atom stereocenters. The number of hydrogen-bond donors (Lipinski definition) is 1. The number of aryl methyl sites for hydroxylation is 3. The molecule has 0 aromatic carbocycles. The Kier molecular flexibility index (Phi) is 4.79. The van der Waals surface area contributed by atoms with Gasteiger partial charge in [-0.25, -0.2) is 14.8 Å². The summed E-state index contributed by atoms with van der Waals surface area (Å²) in [4.78, 5) is 19.6. The fraction of sp³-hybridized carbons (Fsp3) is 0.357. The Morgan fingerprint density at radius 2 is 2.25 bits per heavy atom. The number of carboxylic acids is 1. The molecule has 0 spiro atoms. The Morgan fingerprint density at radius 1 is 1.45 bits per heavy atom. The van der Waals surface area contributed by atoms with E-state index in [1.54, 1.807) is 18.6 Å². The summed E-state index contributed by atoms with van der Waals surface area (Å²) in [5.41, 5.74) is 1.94. The normalized spacial score (nSPS) is 10.7. The molecule has 106 valence electrons. The average Bonchev–Trinajstić information content (AvgIpc) is 2.86. The van der Waals surface area contributed by atoms with E-state index in [2.05, 4.69) is 9.97 Å². The Balaban J connectivity index is 1.99. The van der Waals surface area contributed by atoms with Gasteiger partial charge in [0, 0.05) is 30.4 Å². The van der Waals surface area contributed by atoms with Gasteiger partial charge in [-0.3, -0.25) is 0 Å². The number of nitrogens with zero attached hydrogens (tertiary/aromatic N) is 3. The van der Waals surface area contributed by atoms with Gasteiger partial charge in [0.15, 0.2) is 0 Å². The number of thioether (sulfide) groups is 1. The molecule has 0 aliphatic rings. The lowest BCUT2D eigenvalue weighted by molar-refractivity contribution is 0.0691. The number of aromatic carboxylic acids is 1. The summed E-state index contributed by atoms with van der Waals surface area (Å²) in [5, 5.41) is 9.89. The highest BCUT2D eigenvalue weighted by atomic mass is 32.2. The second kappa shape index (κ2) is 6.56. The first-order chi connectivity index (χ1) is 9.58. The predicted octanol–water partition coefficient (Wildman–Crippen LogP) is 2.78. The van der Waals surface area contributed by atoms with Gasteiger partial charge in [-0.15, -0.1) is 11.8 Å². The van der Waals surface area contributed by atoms with Crippen molar-refractivity contribution in [1.29, 1.82) is 0 Å². The monoisotopic (exact) mass is 291 g/mol. The van der Waals surface area contributed by atoms with Crippen molar-refractivity contribution in [2.45, 2.75) is 31.8 Å². The first-order valence-electron chi connectivity index (χ1n) is 6.38. The number of rotatable bonds is 6. The van der Waals surface area contributed by atoms with Crippen LogP contribution in [0.15, 0.2) is 29.8 Å². The van der Waals surface area contributed by atoms with Gasteiger partial charge in [0.25, 0.3) is 0 Å². The van der Waals surface area contributed by atoms with Crippen LogP contribution >= 0.6 is 11.8 Å². The SMILES string of the molecule is Cc1cc(C)c(C(=O)O)c(SCCCn2ccnc2)n1. The van der Waals surface area contributed by atoms with Crippen molar-refractivity contribution in [2.75, 3.05) is 5.75 Å². The van der Waals surface area contributed by atoms with E-state index < -0.39 is 5.97 Å². The van der Waals surface area contributed by atoms with Gasteiger partial charge in [-0.2, -0.15) is 0 Å². The molecule has 20 heavy (non-hydrogen) atoms. The molecular weight excluding hydrogens is 274 g/mol. The minimum atomic E-state index is -0.910. The minimum absolute atomic E-state index is 0.322. The van der Waals surface area contributed by atoms with Crippen molar-refractivity contribution in [1.82, 2.24) is 14.5 Å². The van der Waals surface area contributed by atoms with E-state index in [-0.39, 0.29) is 0 Å². The highest BCUT2D eigenvalue weighted by molar-refractivity contribution is 7.99. The molecule has 0 unspecified atom stereocenters. The van der Waals surface area contributed by atoms with Gasteiger partial charge in [0.05, 0.1) is 11.9 Å². The first-order valence-corrected chi connectivity index (χ1v) is 7.36. The third kappa shape index (κ3) is 3.60. The van der Waals surface area contributed by atoms with Gasteiger partial charge in [-0.1, -0.05) is 0 Å². The van der Waals surface area contributed by atoms with E-state index in [1.807, 2.05) is 24.6 Å². The zero-order chi connectivity index (χ0) is 14.5. The fourth-order valence-electron chi connectivity index (χ4n) is 2.00. The van der Waals surface area contributed by atoms with Gasteiger partial charge in [-0.05, 0) is 31.9 Å². The average molecular weight is 291 g/mol. The van der Waals surface area contributed by atoms with Crippen LogP contribution in [0.3, 0.4) is 0 Å². The quantitative estimate of drug-likeness (QED) is 0.654. The van der Waals surface area contributed by atoms with Crippen molar-refractivity contribution in [2.24, 2.45) is 0 Å². The molecular formula is C14H17N3O2S. The molecule has 2 aromatic heterocycles. The third-order valence-corrected chi connectivity index (χ3v) is 3.95. The van der Waals surface area contributed by atoms with E-state index in [0.29, 0.717) is 10.6 Å². The minimum Gasteiger partial charge on any atom is -0.478 e. The number of carbonyl (C=O) groups is 1. The van der Waals surface area contributed by atoms with E-state index in [1.165, 1.54) is 11.8 Å². The van der Waals surface area contributed by atoms with Crippen molar-refractivity contribution >= 4 is 17.7 Å². The van der Waals surface area contributed by atoms with Crippen LogP contribution in [0, 0.1) is 13.8 Å². The van der Waals surface area contributed by atoms with Crippen LogP contribution in [0.2, 0.25) is 0 Å². The molecule has 5 nitrogen and oxygen atoms in total. The Bertz CT molecular complexity index is 597. The highest BCUT2D eigenvalue weighted by Gasteiger charge is 2.15. The predicted molar refractivity (Wildman–Crippen MR) is 78.2 cm³/mol. The Labute approximate surface area is 122 Å². The maximum absolute atomic E-state index is 11.3. The summed E-state index contributed by atoms with van der Waals surface area (Å²) in [6.07, 6.45) is 6.39. The number of aromatic nitrogens is 3. The molecule has 6 heteroatoms. The van der Waals surface area contributed by atoms with Crippen LogP contribution < -0.4 is 0 Å². The maximum atomic E-state index is 11.3. The second-order valence-electron chi connectivity index (χ2n) is 4.57. The van der Waals surface area contributed by atoms with Crippen LogP contribution in [0.5, 0.6) is 0 Å². The summed E-state index contributed by atoms with van der Waals surface area (Å²) in [5.74, 6) is -0.0824. The molecule has 1 N–H and O–H groups in total. The molecule has 0 fully saturated rings. The van der Waals surface area contributed by atoms with Crippen LogP contribution in [0.25, 0.3) is 0 Å². The maximum Gasteiger partial charge on any atom is 0.338 e. The van der Waals surface area contributed by atoms with E-state index >= 15 is 0 Å². The topological polar surface area (TPSA) is 68.0 Å². The molecule has 0 saturated carbocycles. The van der Waals surface area contributed by atoms with Gasteiger partial charge in [0.1, 0.15) is 5.03 Å². The Hall–Kier alpha value is -1.82. The second-order valence-corrected chi connectivity index (χ2v) is 5.65. The molecule has 2 rings (SSSR count). The summed E-state index contributed by atoms with van der Waals surface area (Å²) >= 11 is 1.50. The lowest BCUT2D eigenvalue weighted by atomic mass is 10.1. The van der Waals surface area contributed by atoms with Crippen LogP contribution in [-0.4, -0.2) is 31.4 Å². The molecule has 2 aromatic rings. The Morgan fingerprint density at radius 3 is 2.90 bits per heavy atom. The number of imidazole rings is 1. The van der Waals surface area contributed by atoms with Crippen molar-refractivity contribution < 1.29 is 9.90 Å². The van der Waals surface area contributed by atoms with Crippen LogP contribution in [0.4, 0.5) is 0 Å². The first kappa shape index (κ1) is 14.6. The smallest absolute Gasteiger partial charge is 0.338 e. The van der Waals surface area contributed by atoms with Crippen molar-refractivity contribution in [3.05, 3.63) is 41.6 Å². The summed E-state index contributed by atoms with van der Waals surface area (Å²) in [6.45, 7) is 4.57. The molecule has 0 radical (unpaired) electrons. The summed E-state index contributed by atoms with van der Waals surface area (Å²) in [6, 6.07) is 1.80. The third-order valence-electron chi connectivity index (χ3n) is 2.88. The zero-order valence-electron chi connectivity index (χ0n) is 11.5. The molecule has 2 heterocycles. The van der Waals surface area contributed by atoms with Crippen LogP contribution in [0.1, 0.15) is 28.0 Å². The standard InChI is InChI=1S/C14H17N3O2S/c1-10-8-11(2)16-13(12(10)14(18)19)20-7-3-5-17-6-4-15-9-17/h4,6,8-9H,3,5,7H2,1-2H3,(H,18,19). The molecule has 0 bridgehead atoms. The van der Waals surface area contributed by atoms with Crippen molar-refractivity contribution in [3.63, 3.8) is 0 Å². The summed E-state index contributed by atoms with van der Waals surface area (Å²) in [7, 11) is 0. The number of hydrogen-bond acceptors (Lipinski definition) is 4. The van der Waals surface area contributed by atoms with E-state index in [4.69, 9.17) is 0 Å². The van der Waals surface area contributed by atoms with Gasteiger partial charge >= 0.3 is 5.97 Å². The number of pyridine rings is 1. The van der Waals surface area contributed by atoms with E-state index in [0.717, 1.165) is 30.0 Å². The van der Waals surface area contributed by atoms with Gasteiger partial charge < -0.3 is 9.67 Å². The van der Waals surface area contributed by atoms with Crippen molar-refractivity contribution in [3.8, 4) is 0 Å². The van der Waals surface area contributed by atoms with Gasteiger partial charge in [0.2, 0.25) is 0 Å². The van der Waals surface area contributed by atoms with Crippen LogP contribution in [-0.2, 0) is 6.54 Å². The molecule has 0 aliphatic heterocycles. The molecule has 0 aliphatic carbocycles. The fourth-order valence-corrected chi connectivity index (χ4v) is 3.07. The zero-order valence-corrected chi connectivity index (χ0v) is 12.4. The largest absolute Gasteiger partial charge is 0.478 e. The van der Waals surface area contributed by atoms with E-state index in [9.17, 15) is 9.90 Å². The molecule has 0 saturated heterocycles. The number of carboxylic acid groups (broad SMARTS) is 1. The molecule has 0 amide bonds. The summed E-state index contributed by atoms with van der Waals surface area (Å²) < 4.78 is 2.01.